The van der Waals surface area contributed by atoms with E-state index in [0.717, 1.165) is 30.7 Å². The van der Waals surface area contributed by atoms with Crippen LogP contribution in [0, 0.1) is 0 Å². The Labute approximate surface area is 145 Å². The summed E-state index contributed by atoms with van der Waals surface area (Å²) in [6.45, 7) is 9.20. The number of hydrogen-bond donors (Lipinski definition) is 1. The summed E-state index contributed by atoms with van der Waals surface area (Å²) in [5.74, 6) is 0.690. The molecule has 0 spiro atoms. The molecule has 6 heteroatoms. The van der Waals surface area contributed by atoms with Gasteiger partial charge in [-0.1, -0.05) is 27.5 Å². The fourth-order valence-corrected chi connectivity index (χ4v) is 3.44. The van der Waals surface area contributed by atoms with Gasteiger partial charge in [-0.25, -0.2) is 0 Å². The molecule has 0 radical (unpaired) electrons. The van der Waals surface area contributed by atoms with Crippen LogP contribution in [0.4, 0.5) is 0 Å². The molecule has 0 saturated carbocycles. The van der Waals surface area contributed by atoms with Crippen molar-refractivity contribution in [2.24, 2.45) is 0 Å². The first-order chi connectivity index (χ1) is 10.5. The van der Waals surface area contributed by atoms with E-state index in [4.69, 9.17) is 25.8 Å². The molecule has 1 aliphatic rings. The van der Waals surface area contributed by atoms with Crippen LogP contribution in [0.3, 0.4) is 0 Å². The number of ether oxygens (including phenoxy) is 3. The van der Waals surface area contributed by atoms with E-state index in [-0.39, 0.29) is 0 Å². The number of halogens is 2. The minimum Gasteiger partial charge on any atom is -0.490 e. The van der Waals surface area contributed by atoms with Crippen LogP contribution in [0.25, 0.3) is 0 Å². The Morgan fingerprint density at radius 2 is 1.95 bits per heavy atom. The Morgan fingerprint density at radius 3 is 2.64 bits per heavy atom. The molecule has 0 aromatic heterocycles. The number of nitrogens with one attached hydrogen (secondary N) is 1. The van der Waals surface area contributed by atoms with E-state index in [1.165, 1.54) is 0 Å². The lowest BCUT2D eigenvalue weighted by Crippen LogP contribution is -3.15. The molecule has 0 aliphatic carbocycles. The van der Waals surface area contributed by atoms with Crippen LogP contribution in [0.5, 0.6) is 5.75 Å². The third-order valence-electron chi connectivity index (χ3n) is 3.60. The third kappa shape index (κ3) is 6.05. The van der Waals surface area contributed by atoms with Gasteiger partial charge in [0, 0.05) is 4.47 Å². The Kier molecular flexibility index (Phi) is 7.44. The maximum atomic E-state index is 6.09. The predicted octanol–water partition coefficient (Wildman–Crippen LogP) is 2.19. The van der Waals surface area contributed by atoms with E-state index in [2.05, 4.69) is 29.8 Å². The van der Waals surface area contributed by atoms with Crippen molar-refractivity contribution in [1.29, 1.82) is 0 Å². The largest absolute Gasteiger partial charge is 0.490 e. The molecule has 0 bridgehead atoms. The van der Waals surface area contributed by atoms with Crippen molar-refractivity contribution in [3.05, 3.63) is 27.7 Å². The van der Waals surface area contributed by atoms with Gasteiger partial charge in [-0.05, 0) is 32.0 Å². The first kappa shape index (κ1) is 18.0. The Morgan fingerprint density at radius 1 is 1.23 bits per heavy atom. The van der Waals surface area contributed by atoms with Crippen LogP contribution in [-0.4, -0.2) is 51.7 Å². The molecule has 4 nitrogen and oxygen atoms in total. The number of quaternary nitrogens is 1. The van der Waals surface area contributed by atoms with Gasteiger partial charge in [0.05, 0.1) is 18.2 Å². The van der Waals surface area contributed by atoms with E-state index in [1.807, 2.05) is 18.2 Å². The zero-order valence-corrected chi connectivity index (χ0v) is 15.5. The van der Waals surface area contributed by atoms with Gasteiger partial charge < -0.3 is 19.1 Å². The molecular weight excluding hydrogens is 370 g/mol. The van der Waals surface area contributed by atoms with Gasteiger partial charge in [-0.3, -0.25) is 0 Å². The smallest absolute Gasteiger partial charge is 0.138 e. The van der Waals surface area contributed by atoms with Gasteiger partial charge in [0.25, 0.3) is 0 Å². The summed E-state index contributed by atoms with van der Waals surface area (Å²) in [6, 6.07) is 5.58. The zero-order chi connectivity index (χ0) is 15.9. The topological polar surface area (TPSA) is 32.1 Å². The molecule has 22 heavy (non-hydrogen) atoms. The van der Waals surface area contributed by atoms with Crippen molar-refractivity contribution < 1.29 is 19.1 Å². The predicted molar refractivity (Wildman–Crippen MR) is 91.0 cm³/mol. The van der Waals surface area contributed by atoms with Crippen molar-refractivity contribution in [3.63, 3.8) is 0 Å². The zero-order valence-electron chi connectivity index (χ0n) is 13.1. The van der Waals surface area contributed by atoms with E-state index in [9.17, 15) is 0 Å². The van der Waals surface area contributed by atoms with Crippen LogP contribution < -0.4 is 9.64 Å². The second-order valence-corrected chi connectivity index (χ2v) is 7.02. The highest BCUT2D eigenvalue weighted by Crippen LogP contribution is 2.27. The lowest BCUT2D eigenvalue weighted by atomic mass is 10.2. The molecule has 3 atom stereocenters. The molecule has 1 aromatic rings. The van der Waals surface area contributed by atoms with E-state index in [1.54, 1.807) is 4.90 Å². The molecule has 1 fully saturated rings. The number of rotatable bonds is 7. The molecule has 1 unspecified atom stereocenters. The van der Waals surface area contributed by atoms with Crippen molar-refractivity contribution in [2.45, 2.75) is 26.1 Å². The number of morpholine rings is 1. The molecule has 1 heterocycles. The third-order valence-corrected chi connectivity index (χ3v) is 4.38. The van der Waals surface area contributed by atoms with E-state index < -0.39 is 0 Å². The average Bonchev–Trinajstić information content (AvgIpc) is 2.43. The summed E-state index contributed by atoms with van der Waals surface area (Å²) in [7, 11) is 0. The second kappa shape index (κ2) is 9.08. The van der Waals surface area contributed by atoms with Gasteiger partial charge in [-0.15, -0.1) is 0 Å². The van der Waals surface area contributed by atoms with Crippen LogP contribution in [-0.2, 0) is 9.47 Å². The summed E-state index contributed by atoms with van der Waals surface area (Å²) in [5, 5.41) is 0.607. The quantitative estimate of drug-likeness (QED) is 0.721. The van der Waals surface area contributed by atoms with Crippen LogP contribution in [0.15, 0.2) is 22.7 Å². The summed E-state index contributed by atoms with van der Waals surface area (Å²) >= 11 is 9.46. The monoisotopic (exact) mass is 392 g/mol. The highest BCUT2D eigenvalue weighted by Gasteiger charge is 2.24. The summed E-state index contributed by atoms with van der Waals surface area (Å²) < 4.78 is 17.9. The SMILES string of the molecule is C[C@@H]1C[NH+](CCOCCOc2ccc(Br)cc2Cl)C[C@H](C)O1. The molecule has 1 N–H and O–H groups in total. The Bertz CT molecular complexity index is 465. The van der Waals surface area contributed by atoms with Gasteiger partial charge in [0.1, 0.15) is 44.2 Å². The van der Waals surface area contributed by atoms with Crippen LogP contribution in [0.2, 0.25) is 5.02 Å². The van der Waals surface area contributed by atoms with Gasteiger partial charge in [0.2, 0.25) is 0 Å². The molecule has 1 saturated heterocycles. The Balaban J connectivity index is 1.57. The van der Waals surface area contributed by atoms with Crippen LogP contribution in [0.1, 0.15) is 13.8 Å². The maximum Gasteiger partial charge on any atom is 0.138 e. The molecule has 1 aliphatic heterocycles. The van der Waals surface area contributed by atoms with Crippen molar-refractivity contribution in [2.75, 3.05) is 39.5 Å². The number of benzene rings is 1. The minimum atomic E-state index is 0.335. The molecule has 1 aromatic carbocycles. The molecular formula is C16H24BrClNO3+. The fourth-order valence-electron chi connectivity index (χ4n) is 2.71. The molecule has 0 amide bonds. The first-order valence-corrected chi connectivity index (χ1v) is 8.86. The lowest BCUT2D eigenvalue weighted by Gasteiger charge is -2.32. The second-order valence-electron chi connectivity index (χ2n) is 5.70. The average molecular weight is 394 g/mol. The van der Waals surface area contributed by atoms with E-state index >= 15 is 0 Å². The van der Waals surface area contributed by atoms with E-state index in [0.29, 0.717) is 36.2 Å². The summed E-state index contributed by atoms with van der Waals surface area (Å²) in [6.07, 6.45) is 0.670. The molecule has 124 valence electrons. The first-order valence-electron chi connectivity index (χ1n) is 7.69. The summed E-state index contributed by atoms with van der Waals surface area (Å²) in [5.41, 5.74) is 0. The summed E-state index contributed by atoms with van der Waals surface area (Å²) in [4.78, 5) is 1.54. The van der Waals surface area contributed by atoms with Crippen LogP contribution >= 0.6 is 27.5 Å². The molecule has 2 rings (SSSR count). The van der Waals surface area contributed by atoms with Crippen molar-refractivity contribution in [3.8, 4) is 5.75 Å². The standard InChI is InChI=1S/C16H23BrClNO3/c1-12-10-19(11-13(2)22-12)5-6-20-7-8-21-16-4-3-14(17)9-15(16)18/h3-4,9,12-13H,5-8,10-11H2,1-2H3/p+1/t12-,13+. The highest BCUT2D eigenvalue weighted by molar-refractivity contribution is 9.10. The Hall–Kier alpha value is -0.330. The minimum absolute atomic E-state index is 0.335. The van der Waals surface area contributed by atoms with Gasteiger partial charge >= 0.3 is 0 Å². The van der Waals surface area contributed by atoms with Gasteiger partial charge in [-0.2, -0.15) is 0 Å². The lowest BCUT2D eigenvalue weighted by molar-refractivity contribution is -0.915. The van der Waals surface area contributed by atoms with Crippen molar-refractivity contribution in [1.82, 2.24) is 0 Å². The van der Waals surface area contributed by atoms with Crippen molar-refractivity contribution >= 4 is 27.5 Å². The fraction of sp³-hybridized carbons (Fsp3) is 0.625. The normalized spacial score (nSPS) is 25.2. The van der Waals surface area contributed by atoms with Gasteiger partial charge in [0.15, 0.2) is 0 Å². The number of hydrogen-bond acceptors (Lipinski definition) is 3. The maximum absolute atomic E-state index is 6.09. The highest BCUT2D eigenvalue weighted by atomic mass is 79.9.